The van der Waals surface area contributed by atoms with Crippen LogP contribution in [0.2, 0.25) is 0 Å². The zero-order valence-corrected chi connectivity index (χ0v) is 24.4. The van der Waals surface area contributed by atoms with Crippen molar-refractivity contribution in [1.82, 2.24) is 14.0 Å². The van der Waals surface area contributed by atoms with E-state index in [9.17, 15) is 22.8 Å². The largest absolute Gasteiger partial charge is 0.387 e. The first kappa shape index (κ1) is 29.9. The third-order valence-corrected chi connectivity index (χ3v) is 7.91. The number of carbonyl (C=O) groups excluding carboxylic acids is 1. The van der Waals surface area contributed by atoms with E-state index in [-0.39, 0.29) is 47.1 Å². The van der Waals surface area contributed by atoms with Crippen LogP contribution in [-0.4, -0.2) is 59.3 Å². The molecule has 0 fully saturated rings. The van der Waals surface area contributed by atoms with E-state index in [0.29, 0.717) is 35.3 Å². The van der Waals surface area contributed by atoms with Crippen LogP contribution in [0.4, 0.5) is 10.1 Å². The van der Waals surface area contributed by atoms with Gasteiger partial charge >= 0.3 is 5.69 Å². The molecule has 1 aliphatic heterocycles. The predicted octanol–water partition coefficient (Wildman–Crippen LogP) is 2.98. The number of fused-ring (bicyclic) bond motifs is 2. The first-order valence-electron chi connectivity index (χ1n) is 13.4. The van der Waals surface area contributed by atoms with E-state index in [4.69, 9.17) is 5.73 Å². The van der Waals surface area contributed by atoms with Crippen molar-refractivity contribution in [3.05, 3.63) is 68.1 Å². The third-order valence-electron chi connectivity index (χ3n) is 6.98. The summed E-state index contributed by atoms with van der Waals surface area (Å²) in [4.78, 5) is 45.3. The smallest absolute Gasteiger partial charge is 0.331 e. The molecule has 2 heterocycles. The molecule has 0 radical (unpaired) electrons. The van der Waals surface area contributed by atoms with E-state index in [1.54, 1.807) is 23.1 Å². The van der Waals surface area contributed by atoms with Crippen LogP contribution < -0.4 is 17.0 Å². The maximum atomic E-state index is 15.6. The van der Waals surface area contributed by atoms with E-state index in [1.807, 2.05) is 13.8 Å². The number of hydrogen-bond acceptors (Lipinski definition) is 7. The molecule has 3 aromatic rings. The number of aromatic nitrogens is 2. The molecule has 0 spiro atoms. The molecule has 2 N–H and O–H groups in total. The standard InChI is InChI=1S/C29H34FN5O5S/c1-5-9-34(10-6-2)27(36)20-13-22-23(30)14-19(15-24(22)32-26(31)17-20)18-7-8-21-25(16-18)33(3)29(38)35(28(21)37)11-12-41(4,39)40/h7-8,13-16H,5-6,9-12,17H2,1-4H3,(H2,31,32). The van der Waals surface area contributed by atoms with E-state index < -0.39 is 26.9 Å². The number of halogens is 1. The second-order valence-corrected chi connectivity index (χ2v) is 12.6. The van der Waals surface area contributed by atoms with Crippen molar-refractivity contribution < 1.29 is 17.6 Å². The summed E-state index contributed by atoms with van der Waals surface area (Å²) < 4.78 is 40.9. The van der Waals surface area contributed by atoms with Crippen LogP contribution >= 0.6 is 0 Å². The Morgan fingerprint density at radius 3 is 2.41 bits per heavy atom. The molecule has 0 atom stereocenters. The summed E-state index contributed by atoms with van der Waals surface area (Å²) in [5, 5.41) is 0.219. The van der Waals surface area contributed by atoms with Gasteiger partial charge in [0.05, 0.1) is 22.3 Å². The zero-order chi connectivity index (χ0) is 30.1. The summed E-state index contributed by atoms with van der Waals surface area (Å²) in [5.74, 6) is -0.950. The van der Waals surface area contributed by atoms with E-state index >= 15 is 4.39 Å². The number of nitrogens with zero attached hydrogens (tertiary/aromatic N) is 4. The monoisotopic (exact) mass is 583 g/mol. The molecule has 10 nitrogen and oxygen atoms in total. The lowest BCUT2D eigenvalue weighted by atomic mass is 9.99. The van der Waals surface area contributed by atoms with Crippen LogP contribution in [0.25, 0.3) is 28.1 Å². The van der Waals surface area contributed by atoms with Crippen LogP contribution in [0.1, 0.15) is 38.7 Å². The van der Waals surface area contributed by atoms with Gasteiger partial charge in [0, 0.05) is 50.5 Å². The van der Waals surface area contributed by atoms with Crippen molar-refractivity contribution in [2.24, 2.45) is 17.8 Å². The van der Waals surface area contributed by atoms with Gasteiger partial charge in [0.25, 0.3) is 5.56 Å². The minimum absolute atomic E-state index is 0.0932. The number of carbonyl (C=O) groups is 1. The topological polar surface area (TPSA) is 137 Å². The van der Waals surface area contributed by atoms with Gasteiger partial charge in [-0.05, 0) is 54.3 Å². The van der Waals surface area contributed by atoms with Gasteiger partial charge in [0.2, 0.25) is 5.91 Å². The summed E-state index contributed by atoms with van der Waals surface area (Å²) in [6.45, 7) is 4.89. The van der Waals surface area contributed by atoms with E-state index in [1.165, 1.54) is 29.8 Å². The minimum Gasteiger partial charge on any atom is -0.387 e. The maximum absolute atomic E-state index is 15.6. The highest BCUT2D eigenvalue weighted by Crippen LogP contribution is 2.35. The van der Waals surface area contributed by atoms with Crippen molar-refractivity contribution in [3.8, 4) is 11.1 Å². The summed E-state index contributed by atoms with van der Waals surface area (Å²) in [5.41, 5.74) is 6.97. The van der Waals surface area contributed by atoms with Crippen LogP contribution in [0.15, 0.2) is 50.5 Å². The fourth-order valence-corrected chi connectivity index (χ4v) is 5.47. The van der Waals surface area contributed by atoms with Crippen molar-refractivity contribution >= 4 is 44.2 Å². The summed E-state index contributed by atoms with van der Waals surface area (Å²) in [6.07, 6.45) is 4.23. The number of aliphatic imine (C=N–C) groups is 1. The SMILES string of the molecule is CCCN(CCC)C(=O)C1=Cc2c(F)cc(-c3ccc4c(=O)n(CCS(C)(=O)=O)c(=O)n(C)c4c3)cc2N=C(N)C1. The zero-order valence-electron chi connectivity index (χ0n) is 23.6. The lowest BCUT2D eigenvalue weighted by molar-refractivity contribution is -0.127. The number of rotatable bonds is 9. The number of amidine groups is 1. The average molecular weight is 584 g/mol. The molecule has 1 aliphatic rings. The lowest BCUT2D eigenvalue weighted by Gasteiger charge is -2.22. The van der Waals surface area contributed by atoms with Crippen molar-refractivity contribution in [2.75, 3.05) is 25.1 Å². The molecule has 41 heavy (non-hydrogen) atoms. The maximum Gasteiger partial charge on any atom is 0.331 e. The number of sulfone groups is 1. The first-order chi connectivity index (χ1) is 19.3. The minimum atomic E-state index is -3.39. The van der Waals surface area contributed by atoms with Gasteiger partial charge in [-0.25, -0.2) is 22.6 Å². The summed E-state index contributed by atoms with van der Waals surface area (Å²) >= 11 is 0. The fraction of sp³-hybridized carbons (Fsp3) is 0.379. The van der Waals surface area contributed by atoms with Gasteiger partial charge in [0.1, 0.15) is 21.5 Å². The molecular formula is C29H34FN5O5S. The Bertz CT molecular complexity index is 1820. The molecule has 0 saturated heterocycles. The number of hydrogen-bond donors (Lipinski definition) is 1. The number of amides is 1. The Labute approximate surface area is 237 Å². The third kappa shape index (κ3) is 6.32. The molecule has 218 valence electrons. The molecule has 12 heteroatoms. The van der Waals surface area contributed by atoms with Crippen molar-refractivity contribution in [3.63, 3.8) is 0 Å². The van der Waals surface area contributed by atoms with Gasteiger partial charge in [-0.1, -0.05) is 19.9 Å². The Morgan fingerprint density at radius 1 is 1.10 bits per heavy atom. The lowest BCUT2D eigenvalue weighted by Crippen LogP contribution is -2.40. The molecular weight excluding hydrogens is 549 g/mol. The van der Waals surface area contributed by atoms with Crippen LogP contribution in [0.5, 0.6) is 0 Å². The van der Waals surface area contributed by atoms with E-state index in [2.05, 4.69) is 4.99 Å². The van der Waals surface area contributed by atoms with Gasteiger partial charge in [-0.3, -0.25) is 18.7 Å². The molecule has 0 aliphatic carbocycles. The number of benzene rings is 2. The second kappa shape index (κ2) is 11.8. The molecule has 0 bridgehead atoms. The van der Waals surface area contributed by atoms with Crippen LogP contribution in [-0.2, 0) is 28.2 Å². The van der Waals surface area contributed by atoms with Gasteiger partial charge in [-0.2, -0.15) is 0 Å². The van der Waals surface area contributed by atoms with Gasteiger partial charge < -0.3 is 10.6 Å². The highest BCUT2D eigenvalue weighted by molar-refractivity contribution is 7.90. The number of nitrogens with two attached hydrogens (primary N) is 1. The van der Waals surface area contributed by atoms with Gasteiger partial charge in [-0.15, -0.1) is 0 Å². The summed E-state index contributed by atoms with van der Waals surface area (Å²) in [6, 6.07) is 7.71. The molecule has 1 aromatic heterocycles. The fourth-order valence-electron chi connectivity index (χ4n) is 4.96. The normalized spacial score (nSPS) is 13.4. The number of aryl methyl sites for hydroxylation is 1. The first-order valence-corrected chi connectivity index (χ1v) is 15.5. The summed E-state index contributed by atoms with van der Waals surface area (Å²) in [7, 11) is -1.91. The van der Waals surface area contributed by atoms with E-state index in [0.717, 1.165) is 23.7 Å². The Hall–Kier alpha value is -4.06. The predicted molar refractivity (Wildman–Crippen MR) is 160 cm³/mol. The highest BCUT2D eigenvalue weighted by Gasteiger charge is 2.23. The Kier molecular flexibility index (Phi) is 8.62. The van der Waals surface area contributed by atoms with Gasteiger partial charge in [0.15, 0.2) is 0 Å². The average Bonchev–Trinajstić information content (AvgIpc) is 3.08. The van der Waals surface area contributed by atoms with Crippen LogP contribution in [0.3, 0.4) is 0 Å². The molecule has 2 aromatic carbocycles. The highest BCUT2D eigenvalue weighted by atomic mass is 32.2. The quantitative estimate of drug-likeness (QED) is 0.411. The molecule has 4 rings (SSSR count). The van der Waals surface area contributed by atoms with Crippen LogP contribution in [0, 0.1) is 5.82 Å². The second-order valence-electron chi connectivity index (χ2n) is 10.3. The molecule has 0 saturated carbocycles. The molecule has 0 unspecified atom stereocenters. The Balaban J connectivity index is 1.79. The van der Waals surface area contributed by atoms with Crippen molar-refractivity contribution in [2.45, 2.75) is 39.7 Å². The molecule has 1 amide bonds. The Morgan fingerprint density at radius 2 is 1.78 bits per heavy atom. The van der Waals surface area contributed by atoms with Crippen molar-refractivity contribution in [1.29, 1.82) is 0 Å².